The Morgan fingerprint density at radius 1 is 1.31 bits per heavy atom. The van der Waals surface area contributed by atoms with E-state index in [9.17, 15) is 9.90 Å². The minimum Gasteiger partial charge on any atom is -0.389 e. The third-order valence-corrected chi connectivity index (χ3v) is 4.56. The van der Waals surface area contributed by atoms with Crippen LogP contribution in [0, 0.1) is 17.3 Å². The summed E-state index contributed by atoms with van der Waals surface area (Å²) in [5, 5.41) is 9.80. The molecule has 0 spiro atoms. The van der Waals surface area contributed by atoms with Crippen molar-refractivity contribution in [2.45, 2.75) is 52.1 Å². The molecule has 0 aromatic heterocycles. The van der Waals surface area contributed by atoms with Crippen molar-refractivity contribution < 1.29 is 9.90 Å². The minimum absolute atomic E-state index is 0.257. The van der Waals surface area contributed by atoms with Gasteiger partial charge in [0.2, 0.25) is 0 Å². The molecule has 0 aliphatic heterocycles. The summed E-state index contributed by atoms with van der Waals surface area (Å²) >= 11 is 0. The van der Waals surface area contributed by atoms with Crippen LogP contribution < -0.4 is 0 Å². The number of carbonyl (C=O) groups is 1. The highest BCUT2D eigenvalue weighted by atomic mass is 16.3. The van der Waals surface area contributed by atoms with Gasteiger partial charge in [0.15, 0.2) is 0 Å². The van der Waals surface area contributed by atoms with Crippen molar-refractivity contribution >= 4 is 5.78 Å². The van der Waals surface area contributed by atoms with Crippen LogP contribution in [0.3, 0.4) is 0 Å². The Hall–Kier alpha value is -0.630. The van der Waals surface area contributed by atoms with Gasteiger partial charge in [-0.3, -0.25) is 4.79 Å². The number of ketones is 1. The van der Waals surface area contributed by atoms with Gasteiger partial charge in [0.1, 0.15) is 5.78 Å². The van der Waals surface area contributed by atoms with Crippen molar-refractivity contribution in [1.29, 1.82) is 0 Å². The molecular formula is C14H22O2. The highest BCUT2D eigenvalue weighted by molar-refractivity contribution is 5.82. The number of hydrogen-bond donors (Lipinski definition) is 1. The zero-order chi connectivity index (χ0) is 11.9. The van der Waals surface area contributed by atoms with Gasteiger partial charge in [-0.15, -0.1) is 0 Å². The highest BCUT2D eigenvalue weighted by Crippen LogP contribution is 2.54. The van der Waals surface area contributed by atoms with E-state index in [2.05, 4.69) is 20.4 Å². The summed E-state index contributed by atoms with van der Waals surface area (Å²) in [5.74, 6) is 1.12. The molecule has 0 heterocycles. The van der Waals surface area contributed by atoms with Crippen LogP contribution in [0.15, 0.2) is 12.2 Å². The van der Waals surface area contributed by atoms with E-state index in [0.717, 1.165) is 24.8 Å². The van der Waals surface area contributed by atoms with Gasteiger partial charge in [0.05, 0.1) is 6.10 Å². The zero-order valence-electron chi connectivity index (χ0n) is 10.3. The molecule has 90 valence electrons. The predicted molar refractivity (Wildman–Crippen MR) is 64.0 cm³/mol. The predicted octanol–water partition coefficient (Wildman–Crippen LogP) is 2.71. The number of fused-ring (bicyclic) bond motifs is 1. The molecule has 2 nitrogen and oxygen atoms in total. The molecule has 2 aliphatic carbocycles. The van der Waals surface area contributed by atoms with Crippen LogP contribution in [0.5, 0.6) is 0 Å². The van der Waals surface area contributed by atoms with Crippen molar-refractivity contribution in [3.8, 4) is 0 Å². The molecule has 0 radical (unpaired) electrons. The van der Waals surface area contributed by atoms with E-state index in [4.69, 9.17) is 0 Å². The van der Waals surface area contributed by atoms with Gasteiger partial charge in [-0.2, -0.15) is 0 Å². The first-order valence-corrected chi connectivity index (χ1v) is 6.30. The molecular weight excluding hydrogens is 200 g/mol. The summed E-state index contributed by atoms with van der Waals surface area (Å²) in [7, 11) is 0. The average Bonchev–Trinajstić information content (AvgIpc) is 2.24. The van der Waals surface area contributed by atoms with E-state index in [1.165, 1.54) is 0 Å². The monoisotopic (exact) mass is 222 g/mol. The number of aliphatic hydroxyl groups excluding tert-OH is 1. The lowest BCUT2D eigenvalue weighted by Gasteiger charge is -2.51. The van der Waals surface area contributed by atoms with Crippen LogP contribution in [0.4, 0.5) is 0 Å². The van der Waals surface area contributed by atoms with Gasteiger partial charge >= 0.3 is 0 Å². The molecule has 16 heavy (non-hydrogen) atoms. The molecule has 2 aliphatic rings. The third kappa shape index (κ3) is 1.95. The van der Waals surface area contributed by atoms with E-state index >= 15 is 0 Å². The van der Waals surface area contributed by atoms with Crippen LogP contribution in [0.2, 0.25) is 0 Å². The smallest absolute Gasteiger partial charge is 0.136 e. The van der Waals surface area contributed by atoms with Crippen LogP contribution in [-0.4, -0.2) is 17.0 Å². The molecule has 1 N–H and O–H groups in total. The van der Waals surface area contributed by atoms with Crippen molar-refractivity contribution in [1.82, 2.24) is 0 Å². The maximum Gasteiger partial charge on any atom is 0.136 e. The van der Waals surface area contributed by atoms with Crippen molar-refractivity contribution in [2.24, 2.45) is 17.3 Å². The van der Waals surface area contributed by atoms with E-state index in [1.807, 2.05) is 0 Å². The number of rotatable bonds is 0. The second-order valence-electron chi connectivity index (χ2n) is 6.12. The lowest BCUT2D eigenvalue weighted by Crippen LogP contribution is -2.47. The molecule has 2 fully saturated rings. The molecule has 0 saturated heterocycles. The van der Waals surface area contributed by atoms with Gasteiger partial charge < -0.3 is 5.11 Å². The van der Waals surface area contributed by atoms with E-state index < -0.39 is 6.10 Å². The second kappa shape index (κ2) is 3.99. The van der Waals surface area contributed by atoms with Gasteiger partial charge in [-0.05, 0) is 42.6 Å². The molecule has 2 heteroatoms. The number of Topliss-reactive ketones (excluding diaryl/α,β-unsaturated/α-hetero) is 1. The van der Waals surface area contributed by atoms with Crippen LogP contribution in [0.25, 0.3) is 0 Å². The van der Waals surface area contributed by atoms with Crippen LogP contribution in [-0.2, 0) is 4.79 Å². The van der Waals surface area contributed by atoms with Crippen LogP contribution in [0.1, 0.15) is 46.0 Å². The standard InChI is InChI=1S/C14H22O2/c1-9-4-5-11-10(8-14(11,2)3)13(16)7-6-12(9)15/h10-12,15H,1,4-8H2,2-3H3/t10-,11-,12+/m0/s1. The number of carbonyl (C=O) groups excluding carboxylic acids is 1. The molecule has 0 aromatic rings. The average molecular weight is 222 g/mol. The normalized spacial score (nSPS) is 39.1. The topological polar surface area (TPSA) is 37.3 Å². The van der Waals surface area contributed by atoms with Gasteiger partial charge in [0.25, 0.3) is 0 Å². The van der Waals surface area contributed by atoms with Crippen LogP contribution >= 0.6 is 0 Å². The zero-order valence-corrected chi connectivity index (χ0v) is 10.3. The Balaban J connectivity index is 2.12. The summed E-state index contributed by atoms with van der Waals surface area (Å²) in [4.78, 5) is 12.0. The lowest BCUT2D eigenvalue weighted by atomic mass is 9.53. The fourth-order valence-electron chi connectivity index (χ4n) is 3.35. The summed E-state index contributed by atoms with van der Waals surface area (Å²) < 4.78 is 0. The quantitative estimate of drug-likeness (QED) is 0.640. The molecule has 3 atom stereocenters. The first-order valence-electron chi connectivity index (χ1n) is 6.30. The Morgan fingerprint density at radius 2 is 2.00 bits per heavy atom. The fraction of sp³-hybridized carbons (Fsp3) is 0.786. The molecule has 0 unspecified atom stereocenters. The summed E-state index contributed by atoms with van der Waals surface area (Å²) in [6.45, 7) is 8.43. The Kier molecular flexibility index (Phi) is 2.95. The lowest BCUT2D eigenvalue weighted by molar-refractivity contribution is -0.137. The molecule has 2 rings (SSSR count). The summed E-state index contributed by atoms with van der Waals surface area (Å²) in [5.41, 5.74) is 1.21. The molecule has 0 aromatic carbocycles. The van der Waals surface area contributed by atoms with E-state index in [1.54, 1.807) is 0 Å². The molecule has 2 saturated carbocycles. The summed E-state index contributed by atoms with van der Waals surface area (Å²) in [6, 6.07) is 0. The first-order chi connectivity index (χ1) is 7.42. The van der Waals surface area contributed by atoms with E-state index in [-0.39, 0.29) is 5.92 Å². The van der Waals surface area contributed by atoms with Gasteiger partial charge in [-0.1, -0.05) is 20.4 Å². The maximum absolute atomic E-state index is 12.0. The molecule has 0 amide bonds. The number of hydrogen-bond acceptors (Lipinski definition) is 2. The SMILES string of the molecule is C=C1CC[C@H]2[C@H](CC2(C)C)C(=O)CC[C@H]1O. The van der Waals surface area contributed by atoms with E-state index in [0.29, 0.717) is 30.0 Å². The number of aliphatic hydroxyl groups is 1. The Labute approximate surface area is 97.7 Å². The second-order valence-corrected chi connectivity index (χ2v) is 6.12. The molecule has 0 bridgehead atoms. The highest BCUT2D eigenvalue weighted by Gasteiger charge is 2.49. The van der Waals surface area contributed by atoms with Crippen molar-refractivity contribution in [2.75, 3.05) is 0 Å². The maximum atomic E-state index is 12.0. The Morgan fingerprint density at radius 3 is 2.62 bits per heavy atom. The third-order valence-electron chi connectivity index (χ3n) is 4.56. The van der Waals surface area contributed by atoms with Crippen molar-refractivity contribution in [3.63, 3.8) is 0 Å². The van der Waals surface area contributed by atoms with Gasteiger partial charge in [-0.25, -0.2) is 0 Å². The fourth-order valence-corrected chi connectivity index (χ4v) is 3.35. The Bertz CT molecular complexity index is 317. The van der Waals surface area contributed by atoms with Crippen molar-refractivity contribution in [3.05, 3.63) is 12.2 Å². The van der Waals surface area contributed by atoms with Gasteiger partial charge in [0, 0.05) is 12.3 Å². The first kappa shape index (κ1) is 11.8. The largest absolute Gasteiger partial charge is 0.389 e. The minimum atomic E-state index is -0.468. The summed E-state index contributed by atoms with van der Waals surface area (Å²) in [6.07, 6.45) is 3.54.